The highest BCUT2D eigenvalue weighted by Gasteiger charge is 2.15. The number of rotatable bonds is 6. The number of pyridine rings is 1. The number of nitrogens with zero attached hydrogens (tertiary/aromatic N) is 3. The van der Waals surface area contributed by atoms with E-state index in [0.717, 1.165) is 5.69 Å². The number of hydrogen-bond acceptors (Lipinski definition) is 5. The lowest BCUT2D eigenvalue weighted by molar-refractivity contribution is -0.684. The molecule has 126 valence electrons. The van der Waals surface area contributed by atoms with Crippen LogP contribution in [0.15, 0.2) is 42.7 Å². The van der Waals surface area contributed by atoms with E-state index in [1.54, 1.807) is 4.57 Å². The molecule has 0 atom stereocenters. The fraction of sp³-hybridized carbons (Fsp3) is 0.250. The molecule has 2 rings (SSSR count). The summed E-state index contributed by atoms with van der Waals surface area (Å²) in [5, 5.41) is 13.5. The summed E-state index contributed by atoms with van der Waals surface area (Å²) in [6.45, 7) is 0.119. The smallest absolute Gasteiger partial charge is 0.290 e. The summed E-state index contributed by atoms with van der Waals surface area (Å²) in [7, 11) is 5.27. The van der Waals surface area contributed by atoms with Gasteiger partial charge in [-0.15, -0.1) is 0 Å². The van der Waals surface area contributed by atoms with Crippen molar-refractivity contribution in [2.75, 3.05) is 31.4 Å². The van der Waals surface area contributed by atoms with Gasteiger partial charge in [0.2, 0.25) is 6.54 Å². The number of nitro benzene ring substituents is 1. The van der Waals surface area contributed by atoms with Crippen molar-refractivity contribution in [2.24, 2.45) is 0 Å². The zero-order valence-corrected chi connectivity index (χ0v) is 13.7. The second kappa shape index (κ2) is 7.40. The number of methoxy groups -OCH3 is 1. The molecule has 0 saturated heterocycles. The number of hydrogen-bond donors (Lipinski definition) is 1. The molecule has 0 aliphatic rings. The van der Waals surface area contributed by atoms with Gasteiger partial charge in [0.05, 0.1) is 23.8 Å². The van der Waals surface area contributed by atoms with Gasteiger partial charge in [-0.05, 0) is 6.07 Å². The molecule has 0 aliphatic heterocycles. The van der Waals surface area contributed by atoms with Crippen molar-refractivity contribution in [3.05, 3.63) is 52.8 Å². The zero-order chi connectivity index (χ0) is 17.7. The van der Waals surface area contributed by atoms with Gasteiger partial charge in [-0.1, -0.05) is 0 Å². The molecule has 0 spiro atoms. The number of nitro groups is 1. The highest BCUT2D eigenvalue weighted by molar-refractivity contribution is 5.91. The average molecular weight is 331 g/mol. The Balaban J connectivity index is 2.08. The van der Waals surface area contributed by atoms with Crippen LogP contribution in [-0.2, 0) is 11.3 Å². The van der Waals surface area contributed by atoms with Gasteiger partial charge in [-0.25, -0.2) is 0 Å². The van der Waals surface area contributed by atoms with Crippen LogP contribution in [0.5, 0.6) is 5.75 Å². The van der Waals surface area contributed by atoms with Crippen molar-refractivity contribution in [1.82, 2.24) is 0 Å². The Hall–Kier alpha value is -3.16. The normalized spacial score (nSPS) is 10.1. The van der Waals surface area contributed by atoms with Crippen LogP contribution in [0.4, 0.5) is 17.1 Å². The van der Waals surface area contributed by atoms with E-state index in [1.807, 2.05) is 43.5 Å². The summed E-state index contributed by atoms with van der Waals surface area (Å²) in [5.41, 5.74) is 1.32. The molecule has 1 aromatic heterocycles. The monoisotopic (exact) mass is 331 g/mol. The van der Waals surface area contributed by atoms with Crippen LogP contribution >= 0.6 is 0 Å². The number of amides is 1. The van der Waals surface area contributed by atoms with Crippen LogP contribution in [0.2, 0.25) is 0 Å². The molecule has 8 heteroatoms. The Bertz CT molecular complexity index is 744. The van der Waals surface area contributed by atoms with Gasteiger partial charge in [0.25, 0.3) is 11.6 Å². The average Bonchev–Trinajstić information content (AvgIpc) is 2.55. The van der Waals surface area contributed by atoms with Crippen LogP contribution in [0.1, 0.15) is 0 Å². The van der Waals surface area contributed by atoms with Crippen molar-refractivity contribution >= 4 is 23.0 Å². The van der Waals surface area contributed by atoms with Crippen molar-refractivity contribution < 1.29 is 19.0 Å². The Morgan fingerprint density at radius 3 is 2.50 bits per heavy atom. The summed E-state index contributed by atoms with van der Waals surface area (Å²) in [6.07, 6.45) is 3.62. The number of ether oxygens (including phenoxy) is 1. The summed E-state index contributed by atoms with van der Waals surface area (Å²) in [5.74, 6) is -0.0183. The topological polar surface area (TPSA) is 88.6 Å². The molecule has 1 aromatic carbocycles. The Morgan fingerprint density at radius 2 is 1.96 bits per heavy atom. The third-order valence-corrected chi connectivity index (χ3v) is 3.39. The van der Waals surface area contributed by atoms with Gasteiger partial charge in [-0.3, -0.25) is 14.9 Å². The van der Waals surface area contributed by atoms with Gasteiger partial charge in [0.15, 0.2) is 12.4 Å². The molecular weight excluding hydrogens is 312 g/mol. The number of carbonyl (C=O) groups excluding carboxylic acids is 1. The maximum atomic E-state index is 12.2. The molecule has 0 fully saturated rings. The number of non-ortho nitro benzene ring substituents is 1. The van der Waals surface area contributed by atoms with Crippen molar-refractivity contribution in [1.29, 1.82) is 0 Å². The maximum Gasteiger partial charge on any atom is 0.290 e. The summed E-state index contributed by atoms with van der Waals surface area (Å²) in [6, 6.07) is 7.85. The SMILES string of the molecule is COc1cc([N+](=O)[O-])ccc1NC(=O)C[n+]1ccc(N(C)C)cc1. The number of carbonyl (C=O) groups is 1. The number of nitrogens with one attached hydrogen (secondary N) is 1. The highest BCUT2D eigenvalue weighted by atomic mass is 16.6. The molecule has 0 saturated carbocycles. The van der Waals surface area contributed by atoms with E-state index in [4.69, 9.17) is 4.74 Å². The maximum absolute atomic E-state index is 12.2. The zero-order valence-electron chi connectivity index (χ0n) is 13.7. The Labute approximate surface area is 139 Å². The molecular formula is C16H19N4O4+. The van der Waals surface area contributed by atoms with E-state index in [2.05, 4.69) is 5.32 Å². The lowest BCUT2D eigenvalue weighted by atomic mass is 10.2. The first-order chi connectivity index (χ1) is 11.4. The molecule has 2 aromatic rings. The second-order valence-corrected chi connectivity index (χ2v) is 5.31. The summed E-state index contributed by atoms with van der Waals surface area (Å²) < 4.78 is 6.83. The minimum absolute atomic E-state index is 0.0986. The van der Waals surface area contributed by atoms with Crippen LogP contribution in [0.3, 0.4) is 0 Å². The number of benzene rings is 1. The van der Waals surface area contributed by atoms with Crippen molar-refractivity contribution in [3.63, 3.8) is 0 Å². The molecule has 1 heterocycles. The van der Waals surface area contributed by atoms with E-state index in [0.29, 0.717) is 5.69 Å². The number of anilines is 2. The minimum atomic E-state index is -0.518. The van der Waals surface area contributed by atoms with Gasteiger partial charge >= 0.3 is 0 Å². The first kappa shape index (κ1) is 17.2. The van der Waals surface area contributed by atoms with Gasteiger partial charge in [-0.2, -0.15) is 4.57 Å². The third kappa shape index (κ3) is 4.19. The van der Waals surface area contributed by atoms with E-state index in [1.165, 1.54) is 25.3 Å². The van der Waals surface area contributed by atoms with Crippen LogP contribution in [0.25, 0.3) is 0 Å². The molecule has 1 N–H and O–H groups in total. The molecule has 0 unspecified atom stereocenters. The quantitative estimate of drug-likeness (QED) is 0.493. The highest BCUT2D eigenvalue weighted by Crippen LogP contribution is 2.28. The number of aromatic nitrogens is 1. The minimum Gasteiger partial charge on any atom is -0.494 e. The third-order valence-electron chi connectivity index (χ3n) is 3.39. The van der Waals surface area contributed by atoms with E-state index in [-0.39, 0.29) is 23.9 Å². The second-order valence-electron chi connectivity index (χ2n) is 5.31. The van der Waals surface area contributed by atoms with Crippen LogP contribution in [-0.4, -0.2) is 32.0 Å². The molecule has 0 bridgehead atoms. The Morgan fingerprint density at radius 1 is 1.29 bits per heavy atom. The summed E-state index contributed by atoms with van der Waals surface area (Å²) >= 11 is 0. The first-order valence-electron chi connectivity index (χ1n) is 7.19. The van der Waals surface area contributed by atoms with E-state index in [9.17, 15) is 14.9 Å². The van der Waals surface area contributed by atoms with E-state index >= 15 is 0 Å². The lowest BCUT2D eigenvalue weighted by Crippen LogP contribution is -2.39. The van der Waals surface area contributed by atoms with Gasteiger partial charge in [0.1, 0.15) is 5.75 Å². The molecule has 8 nitrogen and oxygen atoms in total. The Kier molecular flexibility index (Phi) is 5.31. The molecule has 1 amide bonds. The van der Waals surface area contributed by atoms with Gasteiger partial charge < -0.3 is 15.0 Å². The standard InChI is InChI=1S/C16H18N4O4/c1-18(2)12-6-8-19(9-7-12)11-16(21)17-14-5-4-13(20(22)23)10-15(14)24-3/h4-10H,11H2,1-3H3/p+1. The van der Waals surface area contributed by atoms with Crippen LogP contribution < -0.4 is 19.5 Å². The summed E-state index contributed by atoms with van der Waals surface area (Å²) in [4.78, 5) is 24.4. The lowest BCUT2D eigenvalue weighted by Gasteiger charge is -2.11. The molecule has 0 aliphatic carbocycles. The van der Waals surface area contributed by atoms with Crippen molar-refractivity contribution in [3.8, 4) is 5.75 Å². The predicted octanol–water partition coefficient (Wildman–Crippen LogP) is 1.60. The van der Waals surface area contributed by atoms with Crippen LogP contribution in [0, 0.1) is 10.1 Å². The molecule has 24 heavy (non-hydrogen) atoms. The fourth-order valence-electron chi connectivity index (χ4n) is 2.11. The first-order valence-corrected chi connectivity index (χ1v) is 7.19. The van der Waals surface area contributed by atoms with Crippen molar-refractivity contribution in [2.45, 2.75) is 6.54 Å². The van der Waals surface area contributed by atoms with Gasteiger partial charge in [0, 0.05) is 38.0 Å². The predicted molar refractivity (Wildman–Crippen MR) is 89.2 cm³/mol. The largest absolute Gasteiger partial charge is 0.494 e. The fourth-order valence-corrected chi connectivity index (χ4v) is 2.11. The molecule has 0 radical (unpaired) electrons. The van der Waals surface area contributed by atoms with E-state index < -0.39 is 4.92 Å².